The standard InChI is InChI=1S/C26H16Cl2F3NO5/c1-12-7-16-21(11-19(12)28)37-25(36)17(23(16)13-3-2-4-14(8-13)24(34)35)10-22(33)32-20-6-5-15(27)9-18(20)26(29,30)31/h2-9,11H,10H2,1H3,(H,32,33)(H,34,35). The SMILES string of the molecule is Cc1cc2c(-c3cccc(C(=O)O)c3)c(CC(=O)Nc3ccc(Cl)cc3C(F)(F)F)c(=O)oc2cc1Cl. The zero-order chi connectivity index (χ0) is 27.1. The summed E-state index contributed by atoms with van der Waals surface area (Å²) in [5, 5.41) is 12.1. The normalized spacial score (nSPS) is 11.5. The molecule has 0 unspecified atom stereocenters. The van der Waals surface area contributed by atoms with Crippen molar-refractivity contribution in [3.8, 4) is 11.1 Å². The smallest absolute Gasteiger partial charge is 0.418 e. The van der Waals surface area contributed by atoms with Gasteiger partial charge in [-0.25, -0.2) is 9.59 Å². The molecule has 3 aromatic carbocycles. The number of carbonyl (C=O) groups excluding carboxylic acids is 1. The molecule has 4 rings (SSSR count). The fraction of sp³-hybridized carbons (Fsp3) is 0.115. The van der Waals surface area contributed by atoms with Gasteiger partial charge < -0.3 is 14.8 Å². The molecule has 4 aromatic rings. The number of hydrogen-bond donors (Lipinski definition) is 2. The van der Waals surface area contributed by atoms with E-state index in [1.165, 1.54) is 30.3 Å². The van der Waals surface area contributed by atoms with Crippen molar-refractivity contribution in [3.63, 3.8) is 0 Å². The van der Waals surface area contributed by atoms with Crippen LogP contribution in [0.25, 0.3) is 22.1 Å². The van der Waals surface area contributed by atoms with Crippen LogP contribution in [0.1, 0.15) is 27.0 Å². The number of anilines is 1. The second-order valence-corrected chi connectivity index (χ2v) is 8.98. The number of nitrogens with one attached hydrogen (secondary N) is 1. The first-order valence-electron chi connectivity index (χ1n) is 10.6. The number of halogens is 5. The van der Waals surface area contributed by atoms with E-state index in [0.717, 1.165) is 6.07 Å². The molecule has 11 heteroatoms. The Kier molecular flexibility index (Phi) is 7.03. The van der Waals surface area contributed by atoms with E-state index < -0.39 is 41.4 Å². The van der Waals surface area contributed by atoms with Crippen molar-refractivity contribution in [3.05, 3.63) is 97.3 Å². The van der Waals surface area contributed by atoms with E-state index in [2.05, 4.69) is 5.32 Å². The van der Waals surface area contributed by atoms with Crippen LogP contribution >= 0.6 is 23.2 Å². The van der Waals surface area contributed by atoms with E-state index in [-0.39, 0.29) is 27.3 Å². The number of amides is 1. The lowest BCUT2D eigenvalue weighted by atomic mass is 9.93. The van der Waals surface area contributed by atoms with Gasteiger partial charge in [0.25, 0.3) is 0 Å². The number of alkyl halides is 3. The summed E-state index contributed by atoms with van der Waals surface area (Å²) < 4.78 is 45.8. The molecule has 0 fully saturated rings. The third kappa shape index (κ3) is 5.47. The minimum absolute atomic E-state index is 0.0732. The largest absolute Gasteiger partial charge is 0.478 e. The monoisotopic (exact) mass is 549 g/mol. The van der Waals surface area contributed by atoms with Crippen molar-refractivity contribution < 1.29 is 32.3 Å². The highest BCUT2D eigenvalue weighted by Crippen LogP contribution is 2.37. The molecule has 1 aromatic heterocycles. The number of fused-ring (bicyclic) bond motifs is 1. The van der Waals surface area contributed by atoms with Gasteiger partial charge in [0.05, 0.1) is 28.8 Å². The molecule has 0 atom stereocenters. The van der Waals surface area contributed by atoms with Crippen LogP contribution in [0.4, 0.5) is 18.9 Å². The Morgan fingerprint density at radius 1 is 1.05 bits per heavy atom. The van der Waals surface area contributed by atoms with Crippen molar-refractivity contribution >= 4 is 51.7 Å². The summed E-state index contributed by atoms with van der Waals surface area (Å²) in [6.07, 6.45) is -5.46. The van der Waals surface area contributed by atoms with E-state index in [0.29, 0.717) is 27.6 Å². The first-order valence-corrected chi connectivity index (χ1v) is 11.4. The number of aromatic carboxylic acids is 1. The molecule has 0 spiro atoms. The molecule has 0 saturated carbocycles. The number of rotatable bonds is 5. The fourth-order valence-corrected chi connectivity index (χ4v) is 4.21. The average Bonchev–Trinajstić information content (AvgIpc) is 2.81. The van der Waals surface area contributed by atoms with Crippen LogP contribution in [0.2, 0.25) is 10.0 Å². The summed E-state index contributed by atoms with van der Waals surface area (Å²) in [5.41, 5.74) is -1.65. The summed E-state index contributed by atoms with van der Waals surface area (Å²) in [5.74, 6) is -2.14. The van der Waals surface area contributed by atoms with Gasteiger partial charge in [-0.3, -0.25) is 4.79 Å². The molecule has 1 heterocycles. The summed E-state index contributed by atoms with van der Waals surface area (Å²) in [6, 6.07) is 11.6. The van der Waals surface area contributed by atoms with Gasteiger partial charge in [-0.1, -0.05) is 35.3 Å². The molecule has 0 aliphatic carbocycles. The highest BCUT2D eigenvalue weighted by molar-refractivity contribution is 6.32. The number of carboxylic acid groups (broad SMARTS) is 1. The van der Waals surface area contributed by atoms with Gasteiger partial charge in [0, 0.05) is 27.1 Å². The predicted molar refractivity (Wildman–Crippen MR) is 133 cm³/mol. The number of benzene rings is 3. The topological polar surface area (TPSA) is 96.6 Å². The molecule has 1 amide bonds. The Bertz CT molecular complexity index is 1630. The molecular weight excluding hydrogens is 534 g/mol. The van der Waals surface area contributed by atoms with Crippen molar-refractivity contribution in [2.75, 3.05) is 5.32 Å². The lowest BCUT2D eigenvalue weighted by Gasteiger charge is -2.16. The van der Waals surface area contributed by atoms with Crippen molar-refractivity contribution in [2.45, 2.75) is 19.5 Å². The maximum atomic E-state index is 13.5. The Morgan fingerprint density at radius 3 is 2.46 bits per heavy atom. The predicted octanol–water partition coefficient (Wildman–Crippen LogP) is 6.97. The first-order chi connectivity index (χ1) is 17.3. The summed E-state index contributed by atoms with van der Waals surface area (Å²) in [4.78, 5) is 37.5. The molecule has 6 nitrogen and oxygen atoms in total. The molecule has 0 radical (unpaired) electrons. The highest BCUT2D eigenvalue weighted by Gasteiger charge is 2.34. The number of carboxylic acids is 1. The second kappa shape index (κ2) is 9.91. The Balaban J connectivity index is 1.86. The zero-order valence-corrected chi connectivity index (χ0v) is 20.4. The number of hydrogen-bond acceptors (Lipinski definition) is 4. The molecule has 0 saturated heterocycles. The van der Waals surface area contributed by atoms with Crippen molar-refractivity contribution in [2.24, 2.45) is 0 Å². The molecular formula is C26H16Cl2F3NO5. The Labute approximate surface area is 217 Å². The lowest BCUT2D eigenvalue weighted by molar-refractivity contribution is -0.137. The van der Waals surface area contributed by atoms with Gasteiger partial charge in [0.1, 0.15) is 5.58 Å². The van der Waals surface area contributed by atoms with Gasteiger partial charge >= 0.3 is 17.8 Å². The third-order valence-electron chi connectivity index (χ3n) is 5.58. The molecule has 190 valence electrons. The summed E-state index contributed by atoms with van der Waals surface area (Å²) >= 11 is 11.9. The Morgan fingerprint density at radius 2 is 1.78 bits per heavy atom. The van der Waals surface area contributed by atoms with Gasteiger partial charge in [0.2, 0.25) is 5.91 Å². The van der Waals surface area contributed by atoms with Crippen molar-refractivity contribution in [1.29, 1.82) is 0 Å². The maximum absolute atomic E-state index is 13.5. The Hall–Kier alpha value is -3.82. The first kappa shape index (κ1) is 26.2. The zero-order valence-electron chi connectivity index (χ0n) is 18.9. The summed E-state index contributed by atoms with van der Waals surface area (Å²) in [7, 11) is 0. The average molecular weight is 550 g/mol. The second-order valence-electron chi connectivity index (χ2n) is 8.14. The number of carbonyl (C=O) groups is 2. The van der Waals surface area contributed by atoms with Gasteiger partial charge in [0.15, 0.2) is 0 Å². The minimum atomic E-state index is -4.80. The molecule has 0 bridgehead atoms. The number of aryl methyl sites for hydroxylation is 1. The van der Waals surface area contributed by atoms with E-state index in [1.54, 1.807) is 19.1 Å². The third-order valence-corrected chi connectivity index (χ3v) is 6.22. The summed E-state index contributed by atoms with van der Waals surface area (Å²) in [6.45, 7) is 1.70. The van der Waals surface area contributed by atoms with Crippen LogP contribution in [0.15, 0.2) is 63.8 Å². The van der Waals surface area contributed by atoms with E-state index in [9.17, 15) is 32.7 Å². The molecule has 37 heavy (non-hydrogen) atoms. The highest BCUT2D eigenvalue weighted by atomic mass is 35.5. The van der Waals surface area contributed by atoms with E-state index in [4.69, 9.17) is 27.6 Å². The van der Waals surface area contributed by atoms with Crippen LogP contribution in [-0.4, -0.2) is 17.0 Å². The van der Waals surface area contributed by atoms with Crippen LogP contribution < -0.4 is 10.9 Å². The quantitative estimate of drug-likeness (QED) is 0.262. The van der Waals surface area contributed by atoms with Crippen molar-refractivity contribution in [1.82, 2.24) is 0 Å². The lowest BCUT2D eigenvalue weighted by Crippen LogP contribution is -2.22. The minimum Gasteiger partial charge on any atom is -0.478 e. The van der Waals surface area contributed by atoms with E-state index >= 15 is 0 Å². The van der Waals surface area contributed by atoms with E-state index in [1.807, 2.05) is 0 Å². The molecule has 0 aliphatic heterocycles. The van der Waals surface area contributed by atoms with Crippen LogP contribution in [-0.2, 0) is 17.4 Å². The van der Waals surface area contributed by atoms with Crippen LogP contribution in [0.5, 0.6) is 0 Å². The van der Waals surface area contributed by atoms with Gasteiger partial charge in [-0.2, -0.15) is 13.2 Å². The van der Waals surface area contributed by atoms with Crippen LogP contribution in [0.3, 0.4) is 0 Å². The van der Waals surface area contributed by atoms with Gasteiger partial charge in [-0.05, 0) is 54.4 Å². The molecule has 2 N–H and O–H groups in total. The fourth-order valence-electron chi connectivity index (χ4n) is 3.88. The van der Waals surface area contributed by atoms with Crippen LogP contribution in [0, 0.1) is 6.92 Å². The van der Waals surface area contributed by atoms with Gasteiger partial charge in [-0.15, -0.1) is 0 Å². The maximum Gasteiger partial charge on any atom is 0.418 e. The molecule has 0 aliphatic rings.